The molecule has 1 aromatic rings. The van der Waals surface area contributed by atoms with Crippen molar-refractivity contribution in [1.82, 2.24) is 4.31 Å². The van der Waals surface area contributed by atoms with Crippen LogP contribution in [0.1, 0.15) is 18.9 Å². The molecule has 1 aliphatic heterocycles. The molecule has 1 aliphatic rings. The molecule has 0 aliphatic carbocycles. The van der Waals surface area contributed by atoms with Gasteiger partial charge in [-0.3, -0.25) is 10.1 Å². The van der Waals surface area contributed by atoms with Gasteiger partial charge in [0.25, 0.3) is 5.69 Å². The zero-order valence-corrected chi connectivity index (χ0v) is 13.6. The number of sulfonamides is 1. The van der Waals surface area contributed by atoms with Crippen molar-refractivity contribution in [2.45, 2.75) is 30.4 Å². The number of aryl methyl sites for hydroxylation is 1. The minimum absolute atomic E-state index is 0.0912. The highest BCUT2D eigenvalue weighted by molar-refractivity contribution is 8.00. The molecule has 1 fully saturated rings. The van der Waals surface area contributed by atoms with Gasteiger partial charge in [-0.15, -0.1) is 0 Å². The summed E-state index contributed by atoms with van der Waals surface area (Å²) in [6.07, 6.45) is 0.815. The zero-order valence-electron chi connectivity index (χ0n) is 12.0. The van der Waals surface area contributed by atoms with Crippen molar-refractivity contribution in [2.24, 2.45) is 0 Å². The van der Waals surface area contributed by atoms with Crippen LogP contribution in [0, 0.1) is 17.0 Å². The van der Waals surface area contributed by atoms with Crippen molar-refractivity contribution < 1.29 is 13.3 Å². The van der Waals surface area contributed by atoms with Crippen LogP contribution in [0.15, 0.2) is 23.1 Å². The van der Waals surface area contributed by atoms with Gasteiger partial charge >= 0.3 is 0 Å². The Morgan fingerprint density at radius 1 is 1.38 bits per heavy atom. The maximum absolute atomic E-state index is 12.7. The molecule has 0 spiro atoms. The lowest BCUT2D eigenvalue weighted by molar-refractivity contribution is -0.385. The second kappa shape index (κ2) is 6.33. The summed E-state index contributed by atoms with van der Waals surface area (Å²) in [5.41, 5.74) is 0.320. The molecule has 6 nitrogen and oxygen atoms in total. The van der Waals surface area contributed by atoms with E-state index in [9.17, 15) is 18.5 Å². The first-order chi connectivity index (χ1) is 9.82. The van der Waals surface area contributed by atoms with E-state index in [1.54, 1.807) is 18.7 Å². The van der Waals surface area contributed by atoms with E-state index >= 15 is 0 Å². The van der Waals surface area contributed by atoms with E-state index in [0.717, 1.165) is 12.2 Å². The minimum atomic E-state index is -3.58. The van der Waals surface area contributed by atoms with Crippen LogP contribution in [-0.4, -0.2) is 41.7 Å². The molecule has 1 atom stereocenters. The summed E-state index contributed by atoms with van der Waals surface area (Å²) in [5.74, 6) is 0.770. The van der Waals surface area contributed by atoms with Gasteiger partial charge in [0.1, 0.15) is 0 Å². The molecule has 1 saturated heterocycles. The lowest BCUT2D eigenvalue weighted by Gasteiger charge is -2.20. The quantitative estimate of drug-likeness (QED) is 0.628. The van der Waals surface area contributed by atoms with E-state index in [1.807, 2.05) is 0 Å². The lowest BCUT2D eigenvalue weighted by atomic mass is 10.2. The highest BCUT2D eigenvalue weighted by atomic mass is 32.2. The smallest absolute Gasteiger partial charge is 0.258 e. The largest absolute Gasteiger partial charge is 0.269 e. The molecular weight excluding hydrogens is 312 g/mol. The molecule has 0 N–H and O–H groups in total. The molecule has 116 valence electrons. The Morgan fingerprint density at radius 2 is 2.10 bits per heavy atom. The summed E-state index contributed by atoms with van der Waals surface area (Å²) in [5, 5.41) is 11.2. The highest BCUT2D eigenvalue weighted by Crippen LogP contribution is 2.27. The third-order valence-corrected chi connectivity index (χ3v) is 6.80. The van der Waals surface area contributed by atoms with Crippen molar-refractivity contribution >= 4 is 27.5 Å². The Hall–Kier alpha value is -1.12. The van der Waals surface area contributed by atoms with E-state index in [0.29, 0.717) is 23.9 Å². The number of rotatable bonds is 3. The molecule has 21 heavy (non-hydrogen) atoms. The van der Waals surface area contributed by atoms with Crippen LogP contribution < -0.4 is 0 Å². The molecule has 1 heterocycles. The van der Waals surface area contributed by atoms with Gasteiger partial charge in [0.15, 0.2) is 0 Å². The Kier molecular flexibility index (Phi) is 4.90. The Bertz CT molecular complexity index is 646. The summed E-state index contributed by atoms with van der Waals surface area (Å²) < 4.78 is 26.9. The molecule has 8 heteroatoms. The number of non-ortho nitro benzene ring substituents is 1. The fourth-order valence-electron chi connectivity index (χ4n) is 2.29. The fourth-order valence-corrected chi connectivity index (χ4v) is 5.07. The molecular formula is C13H18N2O4S2. The molecule has 0 bridgehead atoms. The van der Waals surface area contributed by atoms with Crippen molar-refractivity contribution in [3.05, 3.63) is 33.9 Å². The zero-order chi connectivity index (χ0) is 15.6. The van der Waals surface area contributed by atoms with E-state index in [2.05, 4.69) is 6.92 Å². The molecule has 0 radical (unpaired) electrons. The maximum Gasteiger partial charge on any atom is 0.269 e. The first-order valence-corrected chi connectivity index (χ1v) is 9.18. The van der Waals surface area contributed by atoms with E-state index in [4.69, 9.17) is 0 Å². The van der Waals surface area contributed by atoms with Crippen molar-refractivity contribution in [1.29, 1.82) is 0 Å². The summed E-state index contributed by atoms with van der Waals surface area (Å²) >= 11 is 1.77. The average Bonchev–Trinajstić information content (AvgIpc) is 2.63. The highest BCUT2D eigenvalue weighted by Gasteiger charge is 2.28. The minimum Gasteiger partial charge on any atom is -0.258 e. The first-order valence-electron chi connectivity index (χ1n) is 6.69. The van der Waals surface area contributed by atoms with Crippen LogP contribution in [0.5, 0.6) is 0 Å². The van der Waals surface area contributed by atoms with E-state index < -0.39 is 14.9 Å². The third-order valence-electron chi connectivity index (χ3n) is 3.52. The van der Waals surface area contributed by atoms with Crippen LogP contribution >= 0.6 is 11.8 Å². The summed E-state index contributed by atoms with van der Waals surface area (Å²) in [4.78, 5) is 10.4. The van der Waals surface area contributed by atoms with Gasteiger partial charge in [-0.2, -0.15) is 16.1 Å². The monoisotopic (exact) mass is 330 g/mol. The Morgan fingerprint density at radius 3 is 2.71 bits per heavy atom. The van der Waals surface area contributed by atoms with Crippen LogP contribution in [0.4, 0.5) is 5.69 Å². The van der Waals surface area contributed by atoms with Crippen LogP contribution in [-0.2, 0) is 10.0 Å². The predicted molar refractivity (Wildman–Crippen MR) is 83.1 cm³/mol. The van der Waals surface area contributed by atoms with Gasteiger partial charge in [-0.1, -0.05) is 6.92 Å². The topological polar surface area (TPSA) is 80.5 Å². The van der Waals surface area contributed by atoms with Crippen LogP contribution in [0.25, 0.3) is 0 Å². The second-order valence-electron chi connectivity index (χ2n) is 5.08. The number of nitrogens with zero attached hydrogens (tertiary/aromatic N) is 2. The van der Waals surface area contributed by atoms with E-state index in [1.165, 1.54) is 22.5 Å². The van der Waals surface area contributed by atoms with Crippen molar-refractivity contribution in [3.8, 4) is 0 Å². The molecule has 0 aromatic heterocycles. The Labute approximate surface area is 128 Å². The lowest BCUT2D eigenvalue weighted by Crippen LogP contribution is -2.33. The second-order valence-corrected chi connectivity index (χ2v) is 8.53. The number of nitro groups is 1. The maximum atomic E-state index is 12.7. The van der Waals surface area contributed by atoms with Gasteiger partial charge in [0.2, 0.25) is 10.0 Å². The average molecular weight is 330 g/mol. The summed E-state index contributed by atoms with van der Waals surface area (Å²) in [6, 6.07) is 3.89. The van der Waals surface area contributed by atoms with Crippen molar-refractivity contribution in [2.75, 3.05) is 18.8 Å². The number of hydrogen-bond acceptors (Lipinski definition) is 5. The van der Waals surface area contributed by atoms with Crippen LogP contribution in [0.3, 0.4) is 0 Å². The molecule has 0 unspecified atom stereocenters. The van der Waals surface area contributed by atoms with E-state index in [-0.39, 0.29) is 10.6 Å². The molecule has 1 aromatic carbocycles. The third kappa shape index (κ3) is 3.56. The number of hydrogen-bond donors (Lipinski definition) is 0. The predicted octanol–water partition coefficient (Wildman–Crippen LogP) is 2.42. The van der Waals surface area contributed by atoms with Gasteiger partial charge in [-0.05, 0) is 25.0 Å². The number of thioether (sulfide) groups is 1. The van der Waals surface area contributed by atoms with Gasteiger partial charge in [0, 0.05) is 36.2 Å². The summed E-state index contributed by atoms with van der Waals surface area (Å²) in [6.45, 7) is 4.66. The number of nitro benzene ring substituents is 1. The van der Waals surface area contributed by atoms with Crippen molar-refractivity contribution in [3.63, 3.8) is 0 Å². The molecule has 0 amide bonds. The van der Waals surface area contributed by atoms with Crippen LogP contribution in [0.2, 0.25) is 0 Å². The number of benzene rings is 1. The normalized spacial score (nSPS) is 21.0. The fraction of sp³-hybridized carbons (Fsp3) is 0.538. The SMILES string of the molecule is Cc1cc([N+](=O)[O-])ccc1S(=O)(=O)N1CCS[C@H](C)CC1. The van der Waals surface area contributed by atoms with Gasteiger partial charge in [0.05, 0.1) is 9.82 Å². The molecule has 2 rings (SSSR count). The molecule has 0 saturated carbocycles. The standard InChI is InChI=1S/C13H18N2O4S2/c1-10-9-12(15(16)17)3-4-13(10)21(18,19)14-6-5-11(2)20-8-7-14/h3-4,9,11H,5-8H2,1-2H3/t11-/m1/s1. The first kappa shape index (κ1) is 16.3. The van der Waals surface area contributed by atoms with Gasteiger partial charge < -0.3 is 0 Å². The van der Waals surface area contributed by atoms with Gasteiger partial charge in [-0.25, -0.2) is 8.42 Å². The summed E-state index contributed by atoms with van der Waals surface area (Å²) in [7, 11) is -3.58. The Balaban J connectivity index is 2.33.